The van der Waals surface area contributed by atoms with Crippen molar-refractivity contribution in [3.8, 4) is 0 Å². The fraction of sp³-hybridized carbons (Fsp3) is 0.846. The zero-order valence-electron chi connectivity index (χ0n) is 11.0. The van der Waals surface area contributed by atoms with Crippen LogP contribution in [-0.4, -0.2) is 25.2 Å². The van der Waals surface area contributed by atoms with E-state index in [1.165, 1.54) is 19.3 Å². The fourth-order valence-corrected chi connectivity index (χ4v) is 1.44. The molecule has 0 heterocycles. The van der Waals surface area contributed by atoms with Gasteiger partial charge in [0.1, 0.15) is 6.61 Å². The van der Waals surface area contributed by atoms with Crippen molar-refractivity contribution in [3.63, 3.8) is 0 Å². The van der Waals surface area contributed by atoms with Crippen molar-refractivity contribution in [1.29, 1.82) is 0 Å². The third-order valence-corrected chi connectivity index (χ3v) is 2.39. The molecule has 0 saturated heterocycles. The Morgan fingerprint density at radius 1 is 0.882 bits per heavy atom. The summed E-state index contributed by atoms with van der Waals surface area (Å²) in [6.07, 6.45) is 6.97. The summed E-state index contributed by atoms with van der Waals surface area (Å²) in [4.78, 5) is 22.2. The van der Waals surface area contributed by atoms with Crippen molar-refractivity contribution in [1.82, 2.24) is 0 Å². The Labute approximate surface area is 104 Å². The molecule has 0 saturated carbocycles. The van der Waals surface area contributed by atoms with Gasteiger partial charge in [-0.2, -0.15) is 0 Å². The average Bonchev–Trinajstić information content (AvgIpc) is 2.31. The summed E-state index contributed by atoms with van der Waals surface area (Å²) in [5.74, 6) is -1.03. The zero-order valence-corrected chi connectivity index (χ0v) is 11.0. The molecule has 0 fully saturated rings. The van der Waals surface area contributed by atoms with E-state index >= 15 is 0 Å². The molecule has 0 rings (SSSR count). The summed E-state index contributed by atoms with van der Waals surface area (Å²) in [7, 11) is 0. The molecule has 0 aliphatic rings. The minimum atomic E-state index is -0.595. The molecule has 100 valence electrons. The molecule has 4 nitrogen and oxygen atoms in total. The van der Waals surface area contributed by atoms with Crippen molar-refractivity contribution < 1.29 is 19.1 Å². The molecule has 17 heavy (non-hydrogen) atoms. The van der Waals surface area contributed by atoms with Crippen LogP contribution in [-0.2, 0) is 19.1 Å². The maximum atomic E-state index is 11.2. The van der Waals surface area contributed by atoms with Gasteiger partial charge in [-0.25, -0.2) is 4.79 Å². The smallest absolute Gasteiger partial charge is 0.339 e. The second kappa shape index (κ2) is 11.6. The fourth-order valence-electron chi connectivity index (χ4n) is 1.44. The topological polar surface area (TPSA) is 52.6 Å². The van der Waals surface area contributed by atoms with Gasteiger partial charge in [0.25, 0.3) is 0 Å². The lowest BCUT2D eigenvalue weighted by Gasteiger charge is -2.03. The first-order chi connectivity index (χ1) is 8.20. The van der Waals surface area contributed by atoms with Crippen LogP contribution in [0.3, 0.4) is 0 Å². The van der Waals surface area contributed by atoms with E-state index in [-0.39, 0.29) is 6.61 Å². The molecule has 0 aromatic rings. The van der Waals surface area contributed by atoms with Crippen LogP contribution < -0.4 is 0 Å². The number of hydrogen-bond acceptors (Lipinski definition) is 4. The van der Waals surface area contributed by atoms with Crippen molar-refractivity contribution in [2.45, 2.75) is 58.8 Å². The standard InChI is InChI=1S/C13H24O4/c1-3-5-6-7-8-9-10-12(14)17-13(15)11-16-4-2/h3-11H2,1-2H3. The summed E-state index contributed by atoms with van der Waals surface area (Å²) < 4.78 is 9.42. The number of carbonyl (C=O) groups excluding carboxylic acids is 2. The highest BCUT2D eigenvalue weighted by molar-refractivity contribution is 5.85. The van der Waals surface area contributed by atoms with E-state index in [1.54, 1.807) is 6.92 Å². The first-order valence-electron chi connectivity index (χ1n) is 6.52. The van der Waals surface area contributed by atoms with Gasteiger partial charge >= 0.3 is 11.9 Å². The highest BCUT2D eigenvalue weighted by Crippen LogP contribution is 2.07. The second-order valence-electron chi connectivity index (χ2n) is 4.00. The molecule has 4 heteroatoms. The predicted octanol–water partition coefficient (Wildman–Crippen LogP) is 2.84. The summed E-state index contributed by atoms with van der Waals surface area (Å²) >= 11 is 0. The van der Waals surface area contributed by atoms with Crippen LogP contribution >= 0.6 is 0 Å². The van der Waals surface area contributed by atoms with Gasteiger partial charge in [-0.3, -0.25) is 4.79 Å². The molecular weight excluding hydrogens is 220 g/mol. The second-order valence-corrected chi connectivity index (χ2v) is 4.00. The Balaban J connectivity index is 3.36. The SMILES string of the molecule is CCCCCCCCC(=O)OC(=O)COCC. The van der Waals surface area contributed by atoms with Gasteiger partial charge in [0.05, 0.1) is 0 Å². The van der Waals surface area contributed by atoms with E-state index in [2.05, 4.69) is 11.7 Å². The summed E-state index contributed by atoms with van der Waals surface area (Å²) in [5.41, 5.74) is 0. The van der Waals surface area contributed by atoms with Gasteiger partial charge < -0.3 is 9.47 Å². The molecule has 0 aromatic carbocycles. The molecule has 0 bridgehead atoms. The Morgan fingerprint density at radius 3 is 2.18 bits per heavy atom. The lowest BCUT2D eigenvalue weighted by molar-refractivity contribution is -0.162. The molecule has 0 atom stereocenters. The number of carbonyl (C=O) groups is 2. The molecule has 0 amide bonds. The quantitative estimate of drug-likeness (QED) is 0.337. The Bertz CT molecular complexity index is 213. The molecular formula is C13H24O4. The van der Waals surface area contributed by atoms with E-state index in [4.69, 9.17) is 4.74 Å². The Morgan fingerprint density at radius 2 is 1.53 bits per heavy atom. The van der Waals surface area contributed by atoms with Crippen molar-refractivity contribution in [2.75, 3.05) is 13.2 Å². The predicted molar refractivity (Wildman–Crippen MR) is 65.6 cm³/mol. The monoisotopic (exact) mass is 244 g/mol. The van der Waals surface area contributed by atoms with Gasteiger partial charge in [-0.15, -0.1) is 0 Å². The molecule has 0 aliphatic heterocycles. The maximum Gasteiger partial charge on any atom is 0.339 e. The van der Waals surface area contributed by atoms with Crippen molar-refractivity contribution in [2.24, 2.45) is 0 Å². The van der Waals surface area contributed by atoms with Crippen LogP contribution in [0.4, 0.5) is 0 Å². The third-order valence-electron chi connectivity index (χ3n) is 2.39. The lowest BCUT2D eigenvalue weighted by Crippen LogP contribution is -2.17. The molecule has 0 unspecified atom stereocenters. The van der Waals surface area contributed by atoms with Crippen molar-refractivity contribution >= 4 is 11.9 Å². The minimum Gasteiger partial charge on any atom is -0.391 e. The third kappa shape index (κ3) is 11.4. The van der Waals surface area contributed by atoms with Crippen LogP contribution in [0.2, 0.25) is 0 Å². The van der Waals surface area contributed by atoms with Crippen LogP contribution in [0, 0.1) is 0 Å². The van der Waals surface area contributed by atoms with Gasteiger partial charge in [0, 0.05) is 13.0 Å². The highest BCUT2D eigenvalue weighted by Gasteiger charge is 2.09. The Kier molecular flexibility index (Phi) is 11.0. The number of hydrogen-bond donors (Lipinski definition) is 0. The summed E-state index contributed by atoms with van der Waals surface area (Å²) in [6, 6.07) is 0. The van der Waals surface area contributed by atoms with E-state index in [0.717, 1.165) is 19.3 Å². The molecule has 0 radical (unpaired) electrons. The number of esters is 2. The first-order valence-corrected chi connectivity index (χ1v) is 6.52. The lowest BCUT2D eigenvalue weighted by atomic mass is 10.1. The van der Waals surface area contributed by atoms with E-state index in [0.29, 0.717) is 13.0 Å². The van der Waals surface area contributed by atoms with Crippen LogP contribution in [0.1, 0.15) is 58.8 Å². The van der Waals surface area contributed by atoms with Gasteiger partial charge in [0.15, 0.2) is 0 Å². The molecule has 0 aliphatic carbocycles. The zero-order chi connectivity index (χ0) is 12.9. The summed E-state index contributed by atoms with van der Waals surface area (Å²) in [6.45, 7) is 4.26. The largest absolute Gasteiger partial charge is 0.391 e. The number of unbranched alkanes of at least 4 members (excludes halogenated alkanes) is 5. The normalized spacial score (nSPS) is 10.2. The summed E-state index contributed by atoms with van der Waals surface area (Å²) in [5, 5.41) is 0. The van der Waals surface area contributed by atoms with E-state index < -0.39 is 11.9 Å². The molecule has 0 N–H and O–H groups in total. The van der Waals surface area contributed by atoms with Crippen LogP contribution in [0.5, 0.6) is 0 Å². The van der Waals surface area contributed by atoms with Gasteiger partial charge in [0.2, 0.25) is 0 Å². The average molecular weight is 244 g/mol. The number of ether oxygens (including phenoxy) is 2. The molecule has 0 aromatic heterocycles. The van der Waals surface area contributed by atoms with Crippen LogP contribution in [0.25, 0.3) is 0 Å². The van der Waals surface area contributed by atoms with Gasteiger partial charge in [-0.05, 0) is 13.3 Å². The van der Waals surface area contributed by atoms with Gasteiger partial charge in [-0.1, -0.05) is 39.0 Å². The number of rotatable bonds is 10. The maximum absolute atomic E-state index is 11.2. The first kappa shape index (κ1) is 16.1. The van der Waals surface area contributed by atoms with Crippen LogP contribution in [0.15, 0.2) is 0 Å². The van der Waals surface area contributed by atoms with E-state index in [9.17, 15) is 9.59 Å². The highest BCUT2D eigenvalue weighted by atomic mass is 16.6. The minimum absolute atomic E-state index is 0.140. The van der Waals surface area contributed by atoms with E-state index in [1.807, 2.05) is 0 Å². The van der Waals surface area contributed by atoms with Crippen molar-refractivity contribution in [3.05, 3.63) is 0 Å². The molecule has 0 spiro atoms. The Hall–Kier alpha value is -0.900.